The smallest absolute Gasteiger partial charge is 0.251 e. The lowest BCUT2D eigenvalue weighted by Crippen LogP contribution is -2.22. The molecule has 0 unspecified atom stereocenters. The number of hydrogen-bond acceptors (Lipinski definition) is 5. The maximum atomic E-state index is 12.3. The van der Waals surface area contributed by atoms with Crippen LogP contribution in [0.25, 0.3) is 21.7 Å². The number of amides is 1. The number of fused-ring (bicyclic) bond motifs is 1. The topological polar surface area (TPSA) is 68.0 Å². The summed E-state index contributed by atoms with van der Waals surface area (Å²) in [6.07, 6.45) is 3.32. The summed E-state index contributed by atoms with van der Waals surface area (Å²) >= 11 is 1.52. The second-order valence-electron chi connectivity index (χ2n) is 5.24. The lowest BCUT2D eigenvalue weighted by atomic mass is 10.1. The first kappa shape index (κ1) is 14.6. The van der Waals surface area contributed by atoms with Crippen molar-refractivity contribution in [1.82, 2.24) is 15.3 Å². The van der Waals surface area contributed by atoms with Gasteiger partial charge in [-0.15, -0.1) is 11.3 Å². The number of nitrogens with one attached hydrogen (secondary N) is 1. The summed E-state index contributed by atoms with van der Waals surface area (Å²) in [6.45, 7) is 0.426. The predicted molar refractivity (Wildman–Crippen MR) is 92.7 cm³/mol. The quantitative estimate of drug-likeness (QED) is 0.614. The minimum Gasteiger partial charge on any atom is -0.463 e. The zero-order chi connectivity index (χ0) is 16.4. The van der Waals surface area contributed by atoms with Gasteiger partial charge in [-0.05, 0) is 48.0 Å². The van der Waals surface area contributed by atoms with Crippen molar-refractivity contribution in [2.75, 3.05) is 0 Å². The van der Waals surface area contributed by atoms with Crippen molar-refractivity contribution in [2.45, 2.75) is 6.54 Å². The zero-order valence-electron chi connectivity index (χ0n) is 12.6. The molecule has 118 valence electrons. The molecule has 5 nitrogen and oxygen atoms in total. The van der Waals surface area contributed by atoms with Crippen LogP contribution in [-0.2, 0) is 6.54 Å². The van der Waals surface area contributed by atoms with Crippen molar-refractivity contribution in [3.63, 3.8) is 0 Å². The molecule has 0 atom stereocenters. The maximum Gasteiger partial charge on any atom is 0.251 e. The molecule has 1 amide bonds. The fraction of sp³-hybridized carbons (Fsp3) is 0.0556. The van der Waals surface area contributed by atoms with Crippen molar-refractivity contribution in [3.05, 3.63) is 71.6 Å². The average molecular weight is 335 g/mol. The van der Waals surface area contributed by atoms with Crippen LogP contribution >= 0.6 is 11.3 Å². The SMILES string of the molecule is O=C(NCc1ccnc(-c2ccco2)c1)c1ccc2ncsc2c1. The molecule has 3 aromatic heterocycles. The number of furan rings is 1. The molecule has 0 fully saturated rings. The van der Waals surface area contributed by atoms with Crippen molar-refractivity contribution in [3.8, 4) is 11.5 Å². The molecule has 0 aliphatic rings. The monoisotopic (exact) mass is 335 g/mol. The van der Waals surface area contributed by atoms with E-state index in [0.717, 1.165) is 21.5 Å². The predicted octanol–water partition coefficient (Wildman–Crippen LogP) is 3.88. The molecule has 3 heterocycles. The molecule has 4 rings (SSSR count). The minimum atomic E-state index is -0.110. The Bertz CT molecular complexity index is 992. The third kappa shape index (κ3) is 2.91. The molecule has 4 aromatic rings. The highest BCUT2D eigenvalue weighted by Gasteiger charge is 2.08. The van der Waals surface area contributed by atoms with Gasteiger partial charge in [0.2, 0.25) is 0 Å². The Morgan fingerprint density at radius 2 is 2.12 bits per heavy atom. The molecule has 0 saturated heterocycles. The number of aromatic nitrogens is 2. The van der Waals surface area contributed by atoms with Gasteiger partial charge in [0, 0.05) is 18.3 Å². The summed E-state index contributed by atoms with van der Waals surface area (Å²) < 4.78 is 6.35. The molecular formula is C18H13N3O2S. The number of benzene rings is 1. The average Bonchev–Trinajstić information content (AvgIpc) is 3.30. The fourth-order valence-corrected chi connectivity index (χ4v) is 3.14. The molecule has 0 bridgehead atoms. The molecule has 24 heavy (non-hydrogen) atoms. The van der Waals surface area contributed by atoms with Crippen LogP contribution in [-0.4, -0.2) is 15.9 Å². The minimum absolute atomic E-state index is 0.110. The highest BCUT2D eigenvalue weighted by atomic mass is 32.1. The maximum absolute atomic E-state index is 12.3. The van der Waals surface area contributed by atoms with Crippen LogP contribution in [0.1, 0.15) is 15.9 Å². The van der Waals surface area contributed by atoms with Gasteiger partial charge in [-0.25, -0.2) is 4.98 Å². The van der Waals surface area contributed by atoms with Crippen LogP contribution in [0.15, 0.2) is 64.9 Å². The normalized spacial score (nSPS) is 10.8. The molecule has 1 aromatic carbocycles. The first-order chi connectivity index (χ1) is 11.8. The van der Waals surface area contributed by atoms with Crippen molar-refractivity contribution in [2.24, 2.45) is 0 Å². The van der Waals surface area contributed by atoms with Crippen LogP contribution < -0.4 is 5.32 Å². The van der Waals surface area contributed by atoms with E-state index in [4.69, 9.17) is 4.42 Å². The Kier molecular flexibility index (Phi) is 3.80. The van der Waals surface area contributed by atoms with E-state index < -0.39 is 0 Å². The summed E-state index contributed by atoms with van der Waals surface area (Å²) in [5.74, 6) is 0.598. The van der Waals surface area contributed by atoms with E-state index in [0.29, 0.717) is 17.9 Å². The molecule has 0 aliphatic carbocycles. The Labute approximate surface area is 142 Å². The molecule has 1 N–H and O–H groups in total. The second kappa shape index (κ2) is 6.25. The molecular weight excluding hydrogens is 322 g/mol. The molecule has 0 aliphatic heterocycles. The summed E-state index contributed by atoms with van der Waals surface area (Å²) in [4.78, 5) is 20.8. The lowest BCUT2D eigenvalue weighted by molar-refractivity contribution is 0.0951. The van der Waals surface area contributed by atoms with Crippen molar-refractivity contribution in [1.29, 1.82) is 0 Å². The van der Waals surface area contributed by atoms with E-state index in [1.54, 1.807) is 24.0 Å². The first-order valence-electron chi connectivity index (χ1n) is 7.40. The van der Waals surface area contributed by atoms with E-state index in [-0.39, 0.29) is 5.91 Å². The summed E-state index contributed by atoms with van der Waals surface area (Å²) in [6, 6.07) is 13.0. The van der Waals surface area contributed by atoms with Gasteiger partial charge < -0.3 is 9.73 Å². The molecule has 6 heteroatoms. The summed E-state index contributed by atoms with van der Waals surface area (Å²) in [5.41, 5.74) is 5.03. The van der Waals surface area contributed by atoms with Crippen LogP contribution in [0, 0.1) is 0 Å². The highest BCUT2D eigenvalue weighted by molar-refractivity contribution is 7.16. The van der Waals surface area contributed by atoms with Crippen LogP contribution in [0.5, 0.6) is 0 Å². The fourth-order valence-electron chi connectivity index (χ4n) is 2.42. The number of nitrogens with zero attached hydrogens (tertiary/aromatic N) is 2. The zero-order valence-corrected chi connectivity index (χ0v) is 13.4. The number of pyridine rings is 1. The first-order valence-corrected chi connectivity index (χ1v) is 8.28. The molecule has 0 saturated carbocycles. The molecule has 0 radical (unpaired) electrons. The summed E-state index contributed by atoms with van der Waals surface area (Å²) in [5, 5.41) is 2.93. The van der Waals surface area contributed by atoms with E-state index in [1.165, 1.54) is 11.3 Å². The lowest BCUT2D eigenvalue weighted by Gasteiger charge is -2.06. The Morgan fingerprint density at radius 3 is 3.00 bits per heavy atom. The van der Waals surface area contributed by atoms with Gasteiger partial charge in [-0.3, -0.25) is 9.78 Å². The van der Waals surface area contributed by atoms with Gasteiger partial charge in [0.05, 0.1) is 22.0 Å². The van der Waals surface area contributed by atoms with Gasteiger partial charge in [-0.2, -0.15) is 0 Å². The third-order valence-corrected chi connectivity index (χ3v) is 4.44. The highest BCUT2D eigenvalue weighted by Crippen LogP contribution is 2.20. The van der Waals surface area contributed by atoms with Gasteiger partial charge in [0.1, 0.15) is 5.69 Å². The van der Waals surface area contributed by atoms with Gasteiger partial charge in [0.15, 0.2) is 5.76 Å². The van der Waals surface area contributed by atoms with E-state index in [9.17, 15) is 4.79 Å². The van der Waals surface area contributed by atoms with Crippen LogP contribution in [0.4, 0.5) is 0 Å². The summed E-state index contributed by atoms with van der Waals surface area (Å²) in [7, 11) is 0. The van der Waals surface area contributed by atoms with Crippen LogP contribution in [0.2, 0.25) is 0 Å². The van der Waals surface area contributed by atoms with Crippen molar-refractivity contribution < 1.29 is 9.21 Å². The number of carbonyl (C=O) groups is 1. The Balaban J connectivity index is 1.48. The number of rotatable bonds is 4. The standard InChI is InChI=1S/C18H13N3O2S/c22-18(13-3-4-14-17(9-13)24-11-21-14)20-10-12-5-6-19-15(8-12)16-2-1-7-23-16/h1-9,11H,10H2,(H,20,22). The Hall–Kier alpha value is -2.99. The van der Waals surface area contributed by atoms with E-state index in [1.807, 2.05) is 36.4 Å². The van der Waals surface area contributed by atoms with Crippen LogP contribution in [0.3, 0.4) is 0 Å². The second-order valence-corrected chi connectivity index (χ2v) is 6.13. The van der Waals surface area contributed by atoms with E-state index in [2.05, 4.69) is 15.3 Å². The van der Waals surface area contributed by atoms with E-state index >= 15 is 0 Å². The van der Waals surface area contributed by atoms with Gasteiger partial charge in [0.25, 0.3) is 5.91 Å². The molecule has 0 spiro atoms. The largest absolute Gasteiger partial charge is 0.463 e. The Morgan fingerprint density at radius 1 is 1.17 bits per heavy atom. The number of thiazole rings is 1. The van der Waals surface area contributed by atoms with Crippen molar-refractivity contribution >= 4 is 27.5 Å². The number of hydrogen-bond donors (Lipinski definition) is 1. The third-order valence-electron chi connectivity index (χ3n) is 3.64. The van der Waals surface area contributed by atoms with Gasteiger partial charge in [-0.1, -0.05) is 0 Å². The number of carbonyl (C=O) groups excluding carboxylic acids is 1. The van der Waals surface area contributed by atoms with Gasteiger partial charge >= 0.3 is 0 Å².